The van der Waals surface area contributed by atoms with Gasteiger partial charge in [-0.3, -0.25) is 0 Å². The molecule has 120 valence electrons. The lowest BCUT2D eigenvalue weighted by atomic mass is 9.90. The minimum Gasteiger partial charge on any atom is -0.103 e. The van der Waals surface area contributed by atoms with Crippen molar-refractivity contribution >= 4 is 0 Å². The summed E-state index contributed by atoms with van der Waals surface area (Å²) in [6.45, 7) is 8.23. The monoisotopic (exact) mass is 304 g/mol. The van der Waals surface area contributed by atoms with Crippen molar-refractivity contribution < 1.29 is 0 Å². The van der Waals surface area contributed by atoms with Gasteiger partial charge in [-0.25, -0.2) is 0 Å². The van der Waals surface area contributed by atoms with Crippen LogP contribution in [0.4, 0.5) is 0 Å². The van der Waals surface area contributed by atoms with Crippen molar-refractivity contribution in [3.05, 3.63) is 71.3 Å². The first kappa shape index (κ1) is 16.1. The Kier molecular flexibility index (Phi) is 5.00. The Labute approximate surface area is 141 Å². The highest BCUT2D eigenvalue weighted by Gasteiger charge is 2.28. The van der Waals surface area contributed by atoms with Crippen LogP contribution in [-0.2, 0) is 0 Å². The third-order valence-corrected chi connectivity index (χ3v) is 5.11. The van der Waals surface area contributed by atoms with Gasteiger partial charge < -0.3 is 0 Å². The van der Waals surface area contributed by atoms with Crippen LogP contribution in [0.15, 0.2) is 49.1 Å². The Morgan fingerprint density at radius 2 is 1.39 bits per heavy atom. The summed E-state index contributed by atoms with van der Waals surface area (Å²) in [6, 6.07) is 14.0. The Morgan fingerprint density at radius 3 is 1.96 bits per heavy atom. The Bertz CT molecular complexity index is 642. The standard InChI is InChI=1S/C23H28/c1-4-5-6-7-8-9-10-19-22-15-17(2)11-13-20(22)21-14-12-18(3)16-23(19)21/h4,11-16,19H,1,5-10H2,2-3H3. The molecule has 0 N–H and O–H groups in total. The molecule has 3 rings (SSSR count). The molecule has 0 atom stereocenters. The van der Waals surface area contributed by atoms with Crippen LogP contribution in [0.3, 0.4) is 0 Å². The zero-order valence-electron chi connectivity index (χ0n) is 14.6. The van der Waals surface area contributed by atoms with Gasteiger partial charge in [0.2, 0.25) is 0 Å². The average Bonchev–Trinajstić information content (AvgIpc) is 2.83. The van der Waals surface area contributed by atoms with Gasteiger partial charge in [-0.1, -0.05) is 72.9 Å². The van der Waals surface area contributed by atoms with Crippen LogP contribution in [0.2, 0.25) is 0 Å². The summed E-state index contributed by atoms with van der Waals surface area (Å²) < 4.78 is 0. The van der Waals surface area contributed by atoms with E-state index in [1.807, 2.05) is 6.08 Å². The summed E-state index contributed by atoms with van der Waals surface area (Å²) in [4.78, 5) is 0. The van der Waals surface area contributed by atoms with Crippen LogP contribution in [0, 0.1) is 13.8 Å². The SMILES string of the molecule is C=CCCCCCCC1c2cc(C)ccc2-c2ccc(C)cc21. The third-order valence-electron chi connectivity index (χ3n) is 5.11. The predicted octanol–water partition coefficient (Wildman–Crippen LogP) is 6.94. The van der Waals surface area contributed by atoms with Crippen molar-refractivity contribution in [1.29, 1.82) is 0 Å². The zero-order chi connectivity index (χ0) is 16.2. The third kappa shape index (κ3) is 3.42. The fraction of sp³-hybridized carbons (Fsp3) is 0.391. The number of hydrogen-bond acceptors (Lipinski definition) is 0. The van der Waals surface area contributed by atoms with E-state index in [-0.39, 0.29) is 0 Å². The number of hydrogen-bond donors (Lipinski definition) is 0. The zero-order valence-corrected chi connectivity index (χ0v) is 14.6. The fourth-order valence-corrected chi connectivity index (χ4v) is 3.90. The molecule has 0 heteroatoms. The Balaban J connectivity index is 1.78. The number of allylic oxidation sites excluding steroid dienone is 1. The van der Waals surface area contributed by atoms with Crippen LogP contribution in [-0.4, -0.2) is 0 Å². The maximum atomic E-state index is 3.81. The first-order valence-corrected chi connectivity index (χ1v) is 9.03. The van der Waals surface area contributed by atoms with E-state index in [0.717, 1.165) is 6.42 Å². The number of unbranched alkanes of at least 4 members (excludes halogenated alkanes) is 4. The van der Waals surface area contributed by atoms with Gasteiger partial charge in [0.25, 0.3) is 0 Å². The Morgan fingerprint density at radius 1 is 0.826 bits per heavy atom. The van der Waals surface area contributed by atoms with Crippen molar-refractivity contribution in [2.45, 2.75) is 58.3 Å². The van der Waals surface area contributed by atoms with Gasteiger partial charge in [0.05, 0.1) is 0 Å². The lowest BCUT2D eigenvalue weighted by Gasteiger charge is -2.14. The summed E-state index contributed by atoms with van der Waals surface area (Å²) in [6.07, 6.45) is 9.76. The van der Waals surface area contributed by atoms with Gasteiger partial charge in [0.1, 0.15) is 0 Å². The van der Waals surface area contributed by atoms with Crippen molar-refractivity contribution in [1.82, 2.24) is 0 Å². The highest BCUT2D eigenvalue weighted by molar-refractivity contribution is 5.79. The van der Waals surface area contributed by atoms with Gasteiger partial charge in [-0.2, -0.15) is 0 Å². The summed E-state index contributed by atoms with van der Waals surface area (Å²) in [5.41, 5.74) is 8.78. The maximum Gasteiger partial charge on any atom is 0.0102 e. The largest absolute Gasteiger partial charge is 0.103 e. The average molecular weight is 304 g/mol. The first-order valence-electron chi connectivity index (χ1n) is 9.03. The van der Waals surface area contributed by atoms with Crippen LogP contribution >= 0.6 is 0 Å². The van der Waals surface area contributed by atoms with Gasteiger partial charge >= 0.3 is 0 Å². The van der Waals surface area contributed by atoms with Crippen molar-refractivity contribution in [3.63, 3.8) is 0 Å². The van der Waals surface area contributed by atoms with Gasteiger partial charge in [0, 0.05) is 5.92 Å². The van der Waals surface area contributed by atoms with E-state index in [2.05, 4.69) is 56.8 Å². The molecule has 2 aromatic rings. The Hall–Kier alpha value is -1.82. The van der Waals surface area contributed by atoms with Crippen LogP contribution in [0.1, 0.15) is 66.7 Å². The molecule has 0 aromatic heterocycles. The summed E-state index contributed by atoms with van der Waals surface area (Å²) >= 11 is 0. The number of fused-ring (bicyclic) bond motifs is 3. The van der Waals surface area contributed by atoms with Gasteiger partial charge in [0.15, 0.2) is 0 Å². The summed E-state index contributed by atoms with van der Waals surface area (Å²) in [7, 11) is 0. The molecule has 0 aliphatic heterocycles. The highest BCUT2D eigenvalue weighted by atomic mass is 14.3. The van der Waals surface area contributed by atoms with E-state index in [1.54, 1.807) is 11.1 Å². The maximum absolute atomic E-state index is 3.81. The van der Waals surface area contributed by atoms with E-state index in [9.17, 15) is 0 Å². The quantitative estimate of drug-likeness (QED) is 0.384. The topological polar surface area (TPSA) is 0 Å². The van der Waals surface area contributed by atoms with E-state index in [0.29, 0.717) is 5.92 Å². The molecule has 0 unspecified atom stereocenters. The van der Waals surface area contributed by atoms with Crippen molar-refractivity contribution in [3.8, 4) is 11.1 Å². The first-order chi connectivity index (χ1) is 11.2. The molecule has 0 saturated carbocycles. The molecule has 0 spiro atoms. The molecular weight excluding hydrogens is 276 g/mol. The molecule has 1 aliphatic carbocycles. The number of aryl methyl sites for hydroxylation is 2. The van der Waals surface area contributed by atoms with Gasteiger partial charge in [-0.15, -0.1) is 6.58 Å². The second-order valence-electron chi connectivity index (χ2n) is 7.01. The smallest absolute Gasteiger partial charge is 0.0102 e. The second-order valence-corrected chi connectivity index (χ2v) is 7.01. The molecule has 23 heavy (non-hydrogen) atoms. The molecule has 0 bridgehead atoms. The minimum absolute atomic E-state index is 0.596. The summed E-state index contributed by atoms with van der Waals surface area (Å²) in [5, 5.41) is 0. The number of benzene rings is 2. The van der Waals surface area contributed by atoms with Crippen LogP contribution in [0.25, 0.3) is 11.1 Å². The van der Waals surface area contributed by atoms with Gasteiger partial charge in [-0.05, 0) is 55.4 Å². The van der Waals surface area contributed by atoms with Crippen molar-refractivity contribution in [2.24, 2.45) is 0 Å². The van der Waals surface area contributed by atoms with Crippen molar-refractivity contribution in [2.75, 3.05) is 0 Å². The molecule has 0 saturated heterocycles. The molecule has 0 heterocycles. The van der Waals surface area contributed by atoms with E-state index < -0.39 is 0 Å². The predicted molar refractivity (Wildman–Crippen MR) is 101 cm³/mol. The number of rotatable bonds is 7. The summed E-state index contributed by atoms with van der Waals surface area (Å²) in [5.74, 6) is 0.596. The lowest BCUT2D eigenvalue weighted by molar-refractivity contribution is 0.591. The molecule has 1 aliphatic rings. The molecule has 0 fully saturated rings. The highest BCUT2D eigenvalue weighted by Crippen LogP contribution is 2.47. The molecule has 0 amide bonds. The molecular formula is C23H28. The second kappa shape index (κ2) is 7.17. The fourth-order valence-electron chi connectivity index (χ4n) is 3.90. The molecule has 0 radical (unpaired) electrons. The van der Waals surface area contributed by atoms with Crippen LogP contribution < -0.4 is 0 Å². The molecule has 2 aromatic carbocycles. The van der Waals surface area contributed by atoms with E-state index >= 15 is 0 Å². The lowest BCUT2D eigenvalue weighted by Crippen LogP contribution is -1.98. The van der Waals surface area contributed by atoms with E-state index in [4.69, 9.17) is 0 Å². The normalized spacial score (nSPS) is 13.0. The van der Waals surface area contributed by atoms with Crippen LogP contribution in [0.5, 0.6) is 0 Å². The van der Waals surface area contributed by atoms with E-state index in [1.165, 1.54) is 54.4 Å². The molecule has 0 nitrogen and oxygen atoms in total. The minimum atomic E-state index is 0.596.